The molecule has 2 aliphatic rings. The highest BCUT2D eigenvalue weighted by atomic mass is 35.5. The maximum atomic E-state index is 14.4. The monoisotopic (exact) mass is 568 g/mol. The zero-order valence-corrected chi connectivity index (χ0v) is 23.2. The van der Waals surface area contributed by atoms with Crippen molar-refractivity contribution in [3.63, 3.8) is 0 Å². The van der Waals surface area contributed by atoms with E-state index in [9.17, 15) is 9.59 Å². The van der Waals surface area contributed by atoms with Crippen LogP contribution in [0.25, 0.3) is 0 Å². The van der Waals surface area contributed by atoms with E-state index in [1.807, 2.05) is 48.5 Å². The molecule has 0 spiro atoms. The van der Waals surface area contributed by atoms with Gasteiger partial charge in [-0.3, -0.25) is 14.5 Å². The van der Waals surface area contributed by atoms with Crippen molar-refractivity contribution in [1.29, 1.82) is 0 Å². The molecule has 0 saturated heterocycles. The molecule has 4 aromatic rings. The number of carbonyl (C=O) groups excluding carboxylic acids is 2. The van der Waals surface area contributed by atoms with Gasteiger partial charge >= 0.3 is 0 Å². The number of halogens is 2. The number of fused-ring (bicyclic) bond motifs is 1. The summed E-state index contributed by atoms with van der Waals surface area (Å²) in [6, 6.07) is 29.1. The molecule has 200 valence electrons. The number of hydrogen-bond donors (Lipinski definition) is 1. The molecule has 40 heavy (non-hydrogen) atoms. The number of nitrogens with one attached hydrogen (secondary N) is 1. The highest BCUT2D eigenvalue weighted by Gasteiger charge is 2.42. The van der Waals surface area contributed by atoms with Gasteiger partial charge in [-0.1, -0.05) is 65.7 Å². The zero-order valence-electron chi connectivity index (χ0n) is 21.7. The van der Waals surface area contributed by atoms with Gasteiger partial charge in [0.15, 0.2) is 5.78 Å². The third kappa shape index (κ3) is 4.87. The second-order valence-electron chi connectivity index (χ2n) is 9.98. The second kappa shape index (κ2) is 10.8. The van der Waals surface area contributed by atoms with Gasteiger partial charge in [0.05, 0.1) is 24.5 Å². The van der Waals surface area contributed by atoms with Crippen molar-refractivity contribution in [2.24, 2.45) is 0 Å². The van der Waals surface area contributed by atoms with Crippen molar-refractivity contribution in [2.45, 2.75) is 24.8 Å². The average Bonchev–Trinajstić information content (AvgIpc) is 3.12. The van der Waals surface area contributed by atoms with Crippen molar-refractivity contribution in [2.75, 3.05) is 17.3 Å². The Balaban J connectivity index is 1.59. The first kappa shape index (κ1) is 26.2. The summed E-state index contributed by atoms with van der Waals surface area (Å²) in [6.45, 7) is 0. The number of methoxy groups -OCH3 is 1. The summed E-state index contributed by atoms with van der Waals surface area (Å²) in [6.07, 6.45) is 0.950. The molecular weight excluding hydrogens is 543 g/mol. The molecule has 1 aliphatic carbocycles. The van der Waals surface area contributed by atoms with Crippen LogP contribution in [-0.2, 0) is 4.79 Å². The fourth-order valence-electron chi connectivity index (χ4n) is 5.66. The first-order valence-corrected chi connectivity index (χ1v) is 13.8. The van der Waals surface area contributed by atoms with Crippen LogP contribution in [0, 0.1) is 0 Å². The fourth-order valence-corrected chi connectivity index (χ4v) is 5.96. The SMILES string of the molecule is COc1cccc([C@H]2C3=C(C[C@@H](c4ccccc4)CC3=O)Nc3cc(Cl)ccc3N2C(=O)c2ccc(Cl)cc2)c1. The van der Waals surface area contributed by atoms with E-state index in [4.69, 9.17) is 27.9 Å². The Hall–Kier alpha value is -4.06. The maximum Gasteiger partial charge on any atom is 0.259 e. The normalized spacial score (nSPS) is 18.4. The average molecular weight is 569 g/mol. The lowest BCUT2D eigenvalue weighted by Gasteiger charge is -2.35. The second-order valence-corrected chi connectivity index (χ2v) is 10.9. The van der Waals surface area contributed by atoms with E-state index in [0.717, 1.165) is 16.8 Å². The molecule has 0 saturated carbocycles. The molecule has 0 unspecified atom stereocenters. The molecule has 0 bridgehead atoms. The van der Waals surface area contributed by atoms with Gasteiger partial charge in [-0.15, -0.1) is 0 Å². The number of ketones is 1. The molecule has 1 amide bonds. The molecule has 0 aromatic heterocycles. The van der Waals surface area contributed by atoms with Gasteiger partial charge in [0.2, 0.25) is 0 Å². The topological polar surface area (TPSA) is 58.6 Å². The van der Waals surface area contributed by atoms with Crippen molar-refractivity contribution >= 4 is 46.3 Å². The molecule has 7 heteroatoms. The summed E-state index contributed by atoms with van der Waals surface area (Å²) < 4.78 is 5.54. The summed E-state index contributed by atoms with van der Waals surface area (Å²) in [5, 5.41) is 4.59. The van der Waals surface area contributed by atoms with Gasteiger partial charge < -0.3 is 10.1 Å². The van der Waals surface area contributed by atoms with E-state index in [1.54, 1.807) is 48.4 Å². The summed E-state index contributed by atoms with van der Waals surface area (Å²) >= 11 is 12.6. The summed E-state index contributed by atoms with van der Waals surface area (Å²) in [7, 11) is 1.60. The van der Waals surface area contributed by atoms with Crippen LogP contribution < -0.4 is 15.0 Å². The van der Waals surface area contributed by atoms with Crippen LogP contribution in [0.1, 0.15) is 46.3 Å². The van der Waals surface area contributed by atoms with E-state index in [-0.39, 0.29) is 17.6 Å². The standard InChI is InChI=1S/C33H26Cl2N2O3/c1-40-26-9-5-8-22(16-26)32-31-28(17-23(18-30(31)38)20-6-3-2-4-7-20)36-27-19-25(35)14-15-29(27)37(32)33(39)21-10-12-24(34)13-11-21/h2-16,19,23,32,36H,17-18H2,1H3/t23-,32+/m1/s1. The quantitative estimate of drug-likeness (QED) is 0.269. The summed E-state index contributed by atoms with van der Waals surface area (Å²) in [5.41, 5.74) is 4.96. The number of allylic oxidation sites excluding steroid dienone is 1. The van der Waals surface area contributed by atoms with Gasteiger partial charge in [-0.2, -0.15) is 0 Å². The molecule has 6 rings (SSSR count). The lowest BCUT2D eigenvalue weighted by atomic mass is 9.78. The Morgan fingerprint density at radius 3 is 2.33 bits per heavy atom. The Morgan fingerprint density at radius 2 is 1.57 bits per heavy atom. The lowest BCUT2D eigenvalue weighted by molar-refractivity contribution is -0.116. The van der Waals surface area contributed by atoms with Crippen LogP contribution in [0.3, 0.4) is 0 Å². The third-order valence-corrected chi connectivity index (χ3v) is 8.02. The fraction of sp³-hybridized carbons (Fsp3) is 0.152. The summed E-state index contributed by atoms with van der Waals surface area (Å²) in [5.74, 6) is 0.370. The molecule has 1 heterocycles. The Bertz CT molecular complexity index is 1630. The largest absolute Gasteiger partial charge is 0.497 e. The number of amides is 1. The Kier molecular flexibility index (Phi) is 7.09. The third-order valence-electron chi connectivity index (χ3n) is 7.53. The van der Waals surface area contributed by atoms with Crippen molar-refractivity contribution in [3.05, 3.63) is 135 Å². The van der Waals surface area contributed by atoms with Crippen LogP contribution in [0.4, 0.5) is 11.4 Å². The summed E-state index contributed by atoms with van der Waals surface area (Å²) in [4.78, 5) is 30.2. The van der Waals surface area contributed by atoms with E-state index < -0.39 is 6.04 Å². The zero-order chi connectivity index (χ0) is 27.8. The number of ether oxygens (including phenoxy) is 1. The first-order chi connectivity index (χ1) is 19.4. The number of benzene rings is 4. The molecule has 1 aliphatic heterocycles. The minimum absolute atomic E-state index is 0.00654. The van der Waals surface area contributed by atoms with Gasteiger partial charge in [0, 0.05) is 33.3 Å². The number of rotatable bonds is 4. The number of hydrogen-bond acceptors (Lipinski definition) is 4. The van der Waals surface area contributed by atoms with E-state index in [0.29, 0.717) is 51.1 Å². The van der Waals surface area contributed by atoms with Crippen LogP contribution >= 0.6 is 23.2 Å². The molecule has 4 aromatic carbocycles. The minimum Gasteiger partial charge on any atom is -0.497 e. The highest BCUT2D eigenvalue weighted by Crippen LogP contribution is 2.48. The first-order valence-electron chi connectivity index (χ1n) is 13.0. The van der Waals surface area contributed by atoms with Crippen molar-refractivity contribution < 1.29 is 14.3 Å². The van der Waals surface area contributed by atoms with Gasteiger partial charge in [0.1, 0.15) is 5.75 Å². The smallest absolute Gasteiger partial charge is 0.259 e. The van der Waals surface area contributed by atoms with Crippen LogP contribution in [-0.4, -0.2) is 18.8 Å². The molecular formula is C33H26Cl2N2O3. The number of carbonyl (C=O) groups is 2. The predicted molar refractivity (Wildman–Crippen MR) is 160 cm³/mol. The molecule has 0 radical (unpaired) electrons. The van der Waals surface area contributed by atoms with Crippen molar-refractivity contribution in [1.82, 2.24) is 0 Å². The van der Waals surface area contributed by atoms with Gasteiger partial charge in [-0.25, -0.2) is 0 Å². The molecule has 0 fully saturated rings. The van der Waals surface area contributed by atoms with Crippen LogP contribution in [0.5, 0.6) is 5.75 Å². The lowest BCUT2D eigenvalue weighted by Crippen LogP contribution is -2.38. The van der Waals surface area contributed by atoms with Gasteiger partial charge in [0.25, 0.3) is 5.91 Å². The molecule has 2 atom stereocenters. The Morgan fingerprint density at radius 1 is 0.850 bits per heavy atom. The van der Waals surface area contributed by atoms with E-state index in [1.165, 1.54) is 0 Å². The number of nitrogens with zero attached hydrogens (tertiary/aromatic N) is 1. The predicted octanol–water partition coefficient (Wildman–Crippen LogP) is 8.22. The van der Waals surface area contributed by atoms with Crippen molar-refractivity contribution in [3.8, 4) is 5.75 Å². The minimum atomic E-state index is -0.701. The van der Waals surface area contributed by atoms with E-state index in [2.05, 4.69) is 17.4 Å². The Labute approximate surface area is 243 Å². The highest BCUT2D eigenvalue weighted by molar-refractivity contribution is 6.31. The molecule has 5 nitrogen and oxygen atoms in total. The number of Topliss-reactive ketones (excluding diaryl/α,β-unsaturated/α-hetero) is 1. The van der Waals surface area contributed by atoms with E-state index >= 15 is 0 Å². The van der Waals surface area contributed by atoms with Gasteiger partial charge in [-0.05, 0) is 78.1 Å². The number of anilines is 2. The van der Waals surface area contributed by atoms with Crippen LogP contribution in [0.15, 0.2) is 108 Å². The van der Waals surface area contributed by atoms with Crippen LogP contribution in [0.2, 0.25) is 10.0 Å². The molecule has 1 N–H and O–H groups in total. The maximum absolute atomic E-state index is 14.4.